The number of benzene rings is 1. The molecular formula is C24H24ClF3N4O. The number of hydrogen-bond donors (Lipinski definition) is 0. The molecule has 5 nitrogen and oxygen atoms in total. The van der Waals surface area contributed by atoms with E-state index in [0.717, 1.165) is 25.1 Å². The van der Waals surface area contributed by atoms with E-state index < -0.39 is 11.7 Å². The first-order chi connectivity index (χ1) is 15.7. The molecule has 1 aliphatic rings. The van der Waals surface area contributed by atoms with Crippen LogP contribution in [0.25, 0.3) is 5.69 Å². The minimum Gasteiger partial charge on any atom is -0.335 e. The smallest absolute Gasteiger partial charge is 0.335 e. The molecule has 1 aliphatic heterocycles. The molecule has 0 aliphatic carbocycles. The van der Waals surface area contributed by atoms with Gasteiger partial charge in [0.1, 0.15) is 0 Å². The van der Waals surface area contributed by atoms with Gasteiger partial charge in [-0.2, -0.15) is 18.3 Å². The highest BCUT2D eigenvalue weighted by Crippen LogP contribution is 2.31. The molecule has 2 atom stereocenters. The molecule has 3 aromatic rings. The maximum atomic E-state index is 13.7. The van der Waals surface area contributed by atoms with Crippen LogP contribution in [-0.2, 0) is 12.6 Å². The van der Waals surface area contributed by atoms with E-state index in [2.05, 4.69) is 17.0 Å². The Kier molecular flexibility index (Phi) is 6.74. The molecule has 1 amide bonds. The van der Waals surface area contributed by atoms with Crippen molar-refractivity contribution in [3.8, 4) is 5.69 Å². The zero-order valence-corrected chi connectivity index (χ0v) is 18.9. The lowest BCUT2D eigenvalue weighted by atomic mass is 9.86. The van der Waals surface area contributed by atoms with Gasteiger partial charge in [0.05, 0.1) is 16.8 Å². The van der Waals surface area contributed by atoms with Crippen LogP contribution < -0.4 is 0 Å². The molecule has 1 saturated heterocycles. The molecule has 0 unspecified atom stereocenters. The van der Waals surface area contributed by atoms with Crippen molar-refractivity contribution in [1.82, 2.24) is 19.7 Å². The minimum absolute atomic E-state index is 0.0557. The van der Waals surface area contributed by atoms with Crippen LogP contribution in [0.2, 0.25) is 5.02 Å². The van der Waals surface area contributed by atoms with Crippen molar-refractivity contribution < 1.29 is 18.0 Å². The molecule has 4 rings (SSSR count). The second-order valence-electron chi connectivity index (χ2n) is 8.37. The summed E-state index contributed by atoms with van der Waals surface area (Å²) >= 11 is 6.22. The summed E-state index contributed by atoms with van der Waals surface area (Å²) in [6.45, 7) is 2.72. The number of pyridine rings is 1. The summed E-state index contributed by atoms with van der Waals surface area (Å²) < 4.78 is 40.1. The zero-order chi connectivity index (χ0) is 23.6. The molecule has 0 N–H and O–H groups in total. The highest BCUT2D eigenvalue weighted by molar-refractivity contribution is 6.31. The number of aromatic nitrogens is 3. The number of carbonyl (C=O) groups is 1. The molecule has 3 heterocycles. The first kappa shape index (κ1) is 23.3. The number of aryl methyl sites for hydroxylation is 1. The summed E-state index contributed by atoms with van der Waals surface area (Å²) in [6, 6.07) is 9.35. The Hall–Kier alpha value is -2.87. The van der Waals surface area contributed by atoms with Crippen molar-refractivity contribution in [2.24, 2.45) is 5.92 Å². The van der Waals surface area contributed by atoms with E-state index in [9.17, 15) is 18.0 Å². The second-order valence-corrected chi connectivity index (χ2v) is 8.81. The van der Waals surface area contributed by atoms with E-state index in [0.29, 0.717) is 41.4 Å². The molecule has 2 aromatic heterocycles. The van der Waals surface area contributed by atoms with E-state index in [4.69, 9.17) is 11.6 Å². The predicted octanol–water partition coefficient (Wildman–Crippen LogP) is 5.81. The third-order valence-corrected chi connectivity index (χ3v) is 6.40. The Labute approximate surface area is 195 Å². The Morgan fingerprint density at radius 2 is 2.06 bits per heavy atom. The molecule has 1 aromatic carbocycles. The van der Waals surface area contributed by atoms with Gasteiger partial charge in [-0.1, -0.05) is 18.5 Å². The SMILES string of the molecule is C[C@@H]1CCCN(C(=O)c2cc(Cl)ccc2-n2cccn2)[C@@H]1CCc1ccc(C(F)(F)F)cn1. The highest BCUT2D eigenvalue weighted by Gasteiger charge is 2.34. The van der Waals surface area contributed by atoms with Crippen LogP contribution in [0, 0.1) is 5.92 Å². The lowest BCUT2D eigenvalue weighted by molar-refractivity contribution is -0.137. The van der Waals surface area contributed by atoms with E-state index in [1.165, 1.54) is 6.07 Å². The van der Waals surface area contributed by atoms with Crippen LogP contribution in [0.3, 0.4) is 0 Å². The first-order valence-corrected chi connectivity index (χ1v) is 11.2. The standard InChI is InChI=1S/C24H24ClF3N4O/c1-16-4-2-12-31(21(16)10-8-19-7-5-17(15-29-19)24(26,27)28)23(33)20-14-18(25)6-9-22(20)32-13-3-11-30-32/h3,5-7,9,11,13-16,21H,2,4,8,10,12H2,1H3/t16-,21-/m1/s1. The van der Waals surface area contributed by atoms with E-state index in [-0.39, 0.29) is 17.9 Å². The molecule has 0 bridgehead atoms. The summed E-state index contributed by atoms with van der Waals surface area (Å²) in [5.41, 5.74) is 0.933. The van der Waals surface area contributed by atoms with Gasteiger partial charge in [0.2, 0.25) is 0 Å². The van der Waals surface area contributed by atoms with E-state index in [1.54, 1.807) is 41.3 Å². The number of alkyl halides is 3. The van der Waals surface area contributed by atoms with Gasteiger partial charge in [-0.3, -0.25) is 9.78 Å². The molecule has 174 valence electrons. The average molecular weight is 477 g/mol. The van der Waals surface area contributed by atoms with Gasteiger partial charge in [-0.25, -0.2) is 4.68 Å². The summed E-state index contributed by atoms with van der Waals surface area (Å²) in [5.74, 6) is 0.129. The van der Waals surface area contributed by atoms with Gasteiger partial charge in [0.15, 0.2) is 0 Å². The van der Waals surface area contributed by atoms with Crippen LogP contribution in [-0.4, -0.2) is 38.2 Å². The lowest BCUT2D eigenvalue weighted by Gasteiger charge is -2.40. The minimum atomic E-state index is -4.41. The maximum Gasteiger partial charge on any atom is 0.417 e. The fourth-order valence-corrected chi connectivity index (χ4v) is 4.59. The van der Waals surface area contributed by atoms with Crippen molar-refractivity contribution in [3.63, 3.8) is 0 Å². The van der Waals surface area contributed by atoms with Gasteiger partial charge >= 0.3 is 6.18 Å². The number of carbonyl (C=O) groups excluding carboxylic acids is 1. The van der Waals surface area contributed by atoms with Crippen molar-refractivity contribution in [2.75, 3.05) is 6.54 Å². The van der Waals surface area contributed by atoms with Gasteiger partial charge in [0.25, 0.3) is 5.91 Å². The number of halogens is 4. The summed E-state index contributed by atoms with van der Waals surface area (Å²) in [4.78, 5) is 19.5. The Balaban J connectivity index is 1.55. The van der Waals surface area contributed by atoms with Crippen molar-refractivity contribution >= 4 is 17.5 Å². The van der Waals surface area contributed by atoms with Crippen LogP contribution in [0.1, 0.15) is 47.8 Å². The summed E-state index contributed by atoms with van der Waals surface area (Å²) in [6.07, 6.45) is 2.84. The van der Waals surface area contributed by atoms with Crippen LogP contribution >= 0.6 is 11.6 Å². The number of rotatable bonds is 5. The quantitative estimate of drug-likeness (QED) is 0.466. The molecule has 33 heavy (non-hydrogen) atoms. The molecule has 0 saturated carbocycles. The van der Waals surface area contributed by atoms with Crippen LogP contribution in [0.4, 0.5) is 13.2 Å². The van der Waals surface area contributed by atoms with Crippen molar-refractivity contribution in [3.05, 3.63) is 76.8 Å². The van der Waals surface area contributed by atoms with E-state index in [1.807, 2.05) is 4.90 Å². The summed E-state index contributed by atoms with van der Waals surface area (Å²) in [5, 5.41) is 4.72. The number of amides is 1. The molecule has 9 heteroatoms. The maximum absolute atomic E-state index is 13.7. The Morgan fingerprint density at radius 1 is 1.24 bits per heavy atom. The second kappa shape index (κ2) is 9.55. The van der Waals surface area contributed by atoms with Gasteiger partial charge in [-0.05, 0) is 68.0 Å². The van der Waals surface area contributed by atoms with Crippen molar-refractivity contribution in [2.45, 2.75) is 44.8 Å². The zero-order valence-electron chi connectivity index (χ0n) is 18.1. The van der Waals surface area contributed by atoms with Crippen LogP contribution in [0.15, 0.2) is 55.0 Å². The fraction of sp³-hybridized carbons (Fsp3) is 0.375. The van der Waals surface area contributed by atoms with Crippen molar-refractivity contribution in [1.29, 1.82) is 0 Å². The fourth-order valence-electron chi connectivity index (χ4n) is 4.42. The topological polar surface area (TPSA) is 51.0 Å². The largest absolute Gasteiger partial charge is 0.417 e. The molecule has 1 fully saturated rings. The Morgan fingerprint density at radius 3 is 2.73 bits per heavy atom. The third kappa shape index (κ3) is 5.21. The number of piperidine rings is 1. The van der Waals surface area contributed by atoms with E-state index >= 15 is 0 Å². The first-order valence-electron chi connectivity index (χ1n) is 10.9. The average Bonchev–Trinajstić information content (AvgIpc) is 3.32. The lowest BCUT2D eigenvalue weighted by Crippen LogP contribution is -2.48. The number of nitrogens with zero attached hydrogens (tertiary/aromatic N) is 4. The monoisotopic (exact) mass is 476 g/mol. The molecule has 0 spiro atoms. The predicted molar refractivity (Wildman–Crippen MR) is 119 cm³/mol. The van der Waals surface area contributed by atoms with Gasteiger partial charge < -0.3 is 4.90 Å². The van der Waals surface area contributed by atoms with Crippen LogP contribution in [0.5, 0.6) is 0 Å². The van der Waals surface area contributed by atoms with Gasteiger partial charge in [-0.15, -0.1) is 0 Å². The molecule has 0 radical (unpaired) electrons. The molecular weight excluding hydrogens is 453 g/mol. The number of likely N-dealkylation sites (tertiary alicyclic amines) is 1. The summed E-state index contributed by atoms with van der Waals surface area (Å²) in [7, 11) is 0. The number of hydrogen-bond acceptors (Lipinski definition) is 3. The normalized spacial score (nSPS) is 19.0. The third-order valence-electron chi connectivity index (χ3n) is 6.17. The highest BCUT2D eigenvalue weighted by atomic mass is 35.5. The Bertz CT molecular complexity index is 1100. The van der Waals surface area contributed by atoms with Gasteiger partial charge in [0, 0.05) is 41.9 Å².